The molecule has 0 saturated carbocycles. The van der Waals surface area contributed by atoms with Crippen LogP contribution in [-0.4, -0.2) is 77.8 Å². The predicted molar refractivity (Wildman–Crippen MR) is 135 cm³/mol. The van der Waals surface area contributed by atoms with Gasteiger partial charge in [-0.05, 0) is 50.8 Å². The van der Waals surface area contributed by atoms with Gasteiger partial charge in [0.15, 0.2) is 11.5 Å². The number of aliphatic hydroxyl groups is 1. The van der Waals surface area contributed by atoms with Gasteiger partial charge >= 0.3 is 0 Å². The van der Waals surface area contributed by atoms with Crippen LogP contribution in [0.3, 0.4) is 0 Å². The molecule has 1 aliphatic rings. The molecule has 4 rings (SSSR count). The van der Waals surface area contributed by atoms with Gasteiger partial charge < -0.3 is 24.4 Å². The number of likely N-dealkylation sites (tertiary alicyclic amines) is 1. The Hall–Kier alpha value is -4.11. The van der Waals surface area contributed by atoms with Crippen LogP contribution in [0, 0.1) is 6.92 Å². The molecule has 1 fully saturated rings. The minimum absolute atomic E-state index is 0.0155. The van der Waals surface area contributed by atoms with E-state index >= 15 is 0 Å². The summed E-state index contributed by atoms with van der Waals surface area (Å²) in [6, 6.07) is 13.9. The summed E-state index contributed by atoms with van der Waals surface area (Å²) in [5.74, 6) is -0.683. The summed E-state index contributed by atoms with van der Waals surface area (Å²) in [5.41, 5.74) is 2.48. The third kappa shape index (κ3) is 4.45. The van der Waals surface area contributed by atoms with E-state index in [1.54, 1.807) is 22.9 Å². The van der Waals surface area contributed by atoms with Gasteiger partial charge in [0.05, 0.1) is 49.0 Å². The lowest BCUT2D eigenvalue weighted by atomic mass is 9.95. The molecule has 36 heavy (non-hydrogen) atoms. The Labute approximate surface area is 210 Å². The fraction of sp³-hybridized carbons (Fsp3) is 0.296. The first-order chi connectivity index (χ1) is 17.3. The van der Waals surface area contributed by atoms with Crippen LogP contribution < -0.4 is 9.47 Å². The van der Waals surface area contributed by atoms with Crippen molar-refractivity contribution in [3.05, 3.63) is 77.1 Å². The van der Waals surface area contributed by atoms with E-state index in [2.05, 4.69) is 5.10 Å². The average molecular weight is 491 g/mol. The minimum Gasteiger partial charge on any atom is -0.507 e. The van der Waals surface area contributed by atoms with Crippen molar-refractivity contribution in [3.63, 3.8) is 0 Å². The average Bonchev–Trinajstić information content (AvgIpc) is 3.39. The summed E-state index contributed by atoms with van der Waals surface area (Å²) in [6.07, 6.45) is 1.51. The summed E-state index contributed by atoms with van der Waals surface area (Å²) in [6.45, 7) is 2.65. The number of ketones is 1. The van der Waals surface area contributed by atoms with E-state index in [9.17, 15) is 14.7 Å². The lowest BCUT2D eigenvalue weighted by Crippen LogP contribution is -2.35. The molecule has 2 heterocycles. The van der Waals surface area contributed by atoms with Gasteiger partial charge in [-0.3, -0.25) is 9.59 Å². The molecule has 188 valence electrons. The summed E-state index contributed by atoms with van der Waals surface area (Å²) in [7, 11) is 6.84. The molecule has 0 radical (unpaired) electrons. The second-order valence-electron chi connectivity index (χ2n) is 8.80. The Morgan fingerprint density at radius 3 is 2.39 bits per heavy atom. The minimum atomic E-state index is -0.802. The molecule has 9 heteroatoms. The number of hydrogen-bond acceptors (Lipinski definition) is 7. The highest BCUT2D eigenvalue weighted by Crippen LogP contribution is 2.42. The number of hydrogen-bond donors (Lipinski definition) is 1. The van der Waals surface area contributed by atoms with E-state index in [1.807, 2.05) is 56.3 Å². The predicted octanol–water partition coefficient (Wildman–Crippen LogP) is 3.18. The van der Waals surface area contributed by atoms with Crippen LogP contribution in [0.15, 0.2) is 60.3 Å². The third-order valence-corrected chi connectivity index (χ3v) is 6.32. The van der Waals surface area contributed by atoms with Crippen LogP contribution in [0.2, 0.25) is 0 Å². The Bertz CT molecular complexity index is 1310. The summed E-state index contributed by atoms with van der Waals surface area (Å²) in [4.78, 5) is 29.9. The molecule has 1 atom stereocenters. The van der Waals surface area contributed by atoms with Gasteiger partial charge in [-0.15, -0.1) is 0 Å². The fourth-order valence-corrected chi connectivity index (χ4v) is 4.40. The monoisotopic (exact) mass is 490 g/mol. The molecule has 2 aromatic carbocycles. The Kier molecular flexibility index (Phi) is 7.12. The number of amides is 1. The summed E-state index contributed by atoms with van der Waals surface area (Å²) in [5, 5.41) is 15.9. The smallest absolute Gasteiger partial charge is 0.295 e. The van der Waals surface area contributed by atoms with Gasteiger partial charge in [-0.2, -0.15) is 5.10 Å². The molecule has 0 spiro atoms. The van der Waals surface area contributed by atoms with Crippen LogP contribution in [-0.2, 0) is 9.59 Å². The number of carbonyl (C=O) groups excluding carboxylic acids is 2. The Morgan fingerprint density at radius 1 is 1.06 bits per heavy atom. The van der Waals surface area contributed by atoms with Crippen LogP contribution >= 0.6 is 0 Å². The first-order valence-corrected chi connectivity index (χ1v) is 11.5. The van der Waals surface area contributed by atoms with E-state index in [-0.39, 0.29) is 11.3 Å². The summed E-state index contributed by atoms with van der Waals surface area (Å²) >= 11 is 0. The van der Waals surface area contributed by atoms with Crippen molar-refractivity contribution in [1.29, 1.82) is 0 Å². The SMILES string of the molecule is COc1ccc([C@H]2/C(=C(\O)c3cnn(-c4ccccc4)c3C)C(=O)C(=O)N2CCN(C)C)cc1OC. The van der Waals surface area contributed by atoms with E-state index in [0.717, 1.165) is 5.69 Å². The highest BCUT2D eigenvalue weighted by atomic mass is 16.5. The first kappa shape index (κ1) is 25.0. The maximum atomic E-state index is 13.3. The van der Waals surface area contributed by atoms with E-state index in [4.69, 9.17) is 9.47 Å². The van der Waals surface area contributed by atoms with Gasteiger partial charge in [0.1, 0.15) is 5.76 Å². The largest absolute Gasteiger partial charge is 0.507 e. The molecule has 9 nitrogen and oxygen atoms in total. The molecule has 0 unspecified atom stereocenters. The number of aliphatic hydroxyl groups excluding tert-OH is 1. The highest BCUT2D eigenvalue weighted by Gasteiger charge is 2.46. The molecule has 0 aliphatic carbocycles. The van der Waals surface area contributed by atoms with E-state index < -0.39 is 17.7 Å². The number of likely N-dealkylation sites (N-methyl/N-ethyl adjacent to an activating group) is 1. The number of Topliss-reactive ketones (excluding diaryl/α,β-unsaturated/α-hetero) is 1. The maximum Gasteiger partial charge on any atom is 0.295 e. The van der Waals surface area contributed by atoms with E-state index in [0.29, 0.717) is 41.4 Å². The molecule has 3 aromatic rings. The highest BCUT2D eigenvalue weighted by molar-refractivity contribution is 6.46. The first-order valence-electron chi connectivity index (χ1n) is 11.5. The Balaban J connectivity index is 1.87. The Morgan fingerprint density at radius 2 is 1.75 bits per heavy atom. The summed E-state index contributed by atoms with van der Waals surface area (Å²) < 4.78 is 12.5. The lowest BCUT2D eigenvalue weighted by Gasteiger charge is -2.27. The van der Waals surface area contributed by atoms with Crippen molar-refractivity contribution in [2.75, 3.05) is 41.4 Å². The van der Waals surface area contributed by atoms with Gasteiger partial charge in [0.25, 0.3) is 11.7 Å². The van der Waals surface area contributed by atoms with Gasteiger partial charge in [-0.25, -0.2) is 4.68 Å². The van der Waals surface area contributed by atoms with Gasteiger partial charge in [0, 0.05) is 13.1 Å². The molecule has 1 N–H and O–H groups in total. The second-order valence-corrected chi connectivity index (χ2v) is 8.80. The van der Waals surface area contributed by atoms with Crippen molar-refractivity contribution in [3.8, 4) is 17.2 Å². The fourth-order valence-electron chi connectivity index (χ4n) is 4.40. The maximum absolute atomic E-state index is 13.3. The van der Waals surface area contributed by atoms with Crippen LogP contribution in [0.4, 0.5) is 0 Å². The number of aromatic nitrogens is 2. The number of benzene rings is 2. The quantitative estimate of drug-likeness (QED) is 0.294. The van der Waals surface area contributed by atoms with E-state index in [1.165, 1.54) is 25.3 Å². The van der Waals surface area contributed by atoms with Crippen LogP contribution in [0.1, 0.15) is 22.9 Å². The van der Waals surface area contributed by atoms with Gasteiger partial charge in [-0.1, -0.05) is 24.3 Å². The molecular weight excluding hydrogens is 460 g/mol. The number of carbonyl (C=O) groups is 2. The van der Waals surface area contributed by atoms with Crippen molar-refractivity contribution >= 4 is 17.4 Å². The van der Waals surface area contributed by atoms with Gasteiger partial charge in [0.2, 0.25) is 0 Å². The van der Waals surface area contributed by atoms with Crippen molar-refractivity contribution in [2.24, 2.45) is 0 Å². The zero-order valence-corrected chi connectivity index (χ0v) is 21.1. The van der Waals surface area contributed by atoms with Crippen molar-refractivity contribution in [2.45, 2.75) is 13.0 Å². The van der Waals surface area contributed by atoms with Crippen molar-refractivity contribution < 1.29 is 24.2 Å². The second kappa shape index (κ2) is 10.2. The molecule has 1 amide bonds. The number of nitrogens with zero attached hydrogens (tertiary/aromatic N) is 4. The molecule has 1 saturated heterocycles. The molecule has 1 aliphatic heterocycles. The van der Waals surface area contributed by atoms with Crippen LogP contribution in [0.25, 0.3) is 11.4 Å². The molecular formula is C27H30N4O5. The topological polar surface area (TPSA) is 97.1 Å². The van der Waals surface area contributed by atoms with Crippen LogP contribution in [0.5, 0.6) is 11.5 Å². The third-order valence-electron chi connectivity index (χ3n) is 6.32. The number of para-hydroxylation sites is 1. The number of rotatable bonds is 8. The number of ether oxygens (including phenoxy) is 2. The van der Waals surface area contributed by atoms with Crippen molar-refractivity contribution in [1.82, 2.24) is 19.6 Å². The normalized spacial score (nSPS) is 17.2. The zero-order chi connectivity index (χ0) is 26.0. The molecule has 0 bridgehead atoms. The standard InChI is InChI=1S/C27H30N4O5/c1-17-20(16-28-31(17)19-9-7-6-8-10-19)25(32)23-24(18-11-12-21(35-4)22(15-18)36-5)30(14-13-29(2)3)27(34)26(23)33/h6-12,15-16,24,32H,13-14H2,1-5H3/b25-23+/t24-/m0/s1. The molecule has 1 aromatic heterocycles. The number of methoxy groups -OCH3 is 2. The zero-order valence-electron chi connectivity index (χ0n) is 21.1. The lowest BCUT2D eigenvalue weighted by molar-refractivity contribution is -0.140.